The molecular weight excluding hydrogens is 508 g/mol. The number of nitrogens with zero attached hydrogens (tertiary/aromatic N) is 2. The van der Waals surface area contributed by atoms with Crippen LogP contribution in [0.15, 0.2) is 158 Å². The molecule has 0 amide bonds. The minimum Gasteiger partial charge on any atom is -0.344 e. The minimum atomic E-state index is 0.864. The summed E-state index contributed by atoms with van der Waals surface area (Å²) in [6.07, 6.45) is 18.7. The fourth-order valence-electron chi connectivity index (χ4n) is 5.95. The van der Waals surface area contributed by atoms with Gasteiger partial charge in [0.1, 0.15) is 0 Å². The van der Waals surface area contributed by atoms with Gasteiger partial charge in [-0.1, -0.05) is 110 Å². The van der Waals surface area contributed by atoms with Crippen molar-refractivity contribution < 1.29 is 0 Å². The van der Waals surface area contributed by atoms with Crippen molar-refractivity contribution in [3.63, 3.8) is 0 Å². The molecule has 0 unspecified atom stereocenters. The van der Waals surface area contributed by atoms with E-state index in [0.29, 0.717) is 0 Å². The normalized spacial score (nSPS) is 14.0. The first-order valence-corrected chi connectivity index (χ1v) is 14.5. The third-order valence-corrected chi connectivity index (χ3v) is 8.08. The van der Waals surface area contributed by atoms with Crippen molar-refractivity contribution in [2.24, 2.45) is 0 Å². The number of allylic oxidation sites excluding steroid dienone is 9. The van der Waals surface area contributed by atoms with Gasteiger partial charge in [0, 0.05) is 41.0 Å². The number of anilines is 1. The summed E-state index contributed by atoms with van der Waals surface area (Å²) in [4.78, 5) is 2.31. The number of benzene rings is 4. The van der Waals surface area contributed by atoms with Gasteiger partial charge in [0.15, 0.2) is 0 Å². The average Bonchev–Trinajstić information content (AvgIpc) is 3.31. The lowest BCUT2D eigenvalue weighted by Gasteiger charge is -2.27. The zero-order valence-corrected chi connectivity index (χ0v) is 24.4. The topological polar surface area (TPSA) is 8.17 Å². The fourth-order valence-corrected chi connectivity index (χ4v) is 5.95. The summed E-state index contributed by atoms with van der Waals surface area (Å²) in [5.41, 5.74) is 10.8. The Kier molecular flexibility index (Phi) is 7.62. The summed E-state index contributed by atoms with van der Waals surface area (Å²) >= 11 is 0. The second kappa shape index (κ2) is 11.8. The molecule has 2 nitrogen and oxygen atoms in total. The van der Waals surface area contributed by atoms with Crippen LogP contribution in [0.3, 0.4) is 0 Å². The van der Waals surface area contributed by atoms with Crippen LogP contribution in [-0.4, -0.2) is 11.6 Å². The van der Waals surface area contributed by atoms with Crippen LogP contribution in [0.25, 0.3) is 44.1 Å². The van der Waals surface area contributed by atoms with Crippen LogP contribution in [0.5, 0.6) is 0 Å². The van der Waals surface area contributed by atoms with Gasteiger partial charge in [0.25, 0.3) is 0 Å². The maximum Gasteiger partial charge on any atom is 0.0564 e. The lowest BCUT2D eigenvalue weighted by molar-refractivity contribution is 1.11. The highest BCUT2D eigenvalue weighted by Crippen LogP contribution is 2.41. The Hall–Kier alpha value is -5.08. The molecule has 1 aliphatic carbocycles. The highest BCUT2D eigenvalue weighted by Gasteiger charge is 2.19. The quantitative estimate of drug-likeness (QED) is 0.146. The summed E-state index contributed by atoms with van der Waals surface area (Å²) in [5.74, 6) is 0. The second-order valence-electron chi connectivity index (χ2n) is 10.8. The van der Waals surface area contributed by atoms with Gasteiger partial charge in [-0.15, -0.1) is 0 Å². The highest BCUT2D eigenvalue weighted by atomic mass is 15.1. The van der Waals surface area contributed by atoms with Crippen molar-refractivity contribution in [3.8, 4) is 16.8 Å². The van der Waals surface area contributed by atoms with Crippen molar-refractivity contribution in [2.45, 2.75) is 19.8 Å². The van der Waals surface area contributed by atoms with Crippen molar-refractivity contribution in [1.29, 1.82) is 0 Å². The number of fused-ring (bicyclic) bond motifs is 2. The van der Waals surface area contributed by atoms with Gasteiger partial charge in [0.2, 0.25) is 0 Å². The maximum absolute atomic E-state index is 4.33. The number of aromatic nitrogens is 1. The molecule has 42 heavy (non-hydrogen) atoms. The molecule has 0 bridgehead atoms. The molecule has 6 rings (SSSR count). The van der Waals surface area contributed by atoms with E-state index in [0.717, 1.165) is 24.2 Å². The van der Waals surface area contributed by atoms with Gasteiger partial charge >= 0.3 is 0 Å². The predicted molar refractivity (Wildman–Crippen MR) is 183 cm³/mol. The molecule has 206 valence electrons. The summed E-state index contributed by atoms with van der Waals surface area (Å²) < 4.78 is 2.30. The van der Waals surface area contributed by atoms with Crippen LogP contribution in [0.2, 0.25) is 0 Å². The molecule has 0 fully saturated rings. The summed E-state index contributed by atoms with van der Waals surface area (Å²) in [6, 6.07) is 30.8. The zero-order chi connectivity index (χ0) is 29.1. The molecule has 0 saturated carbocycles. The summed E-state index contributed by atoms with van der Waals surface area (Å²) in [7, 11) is 2.16. The Morgan fingerprint density at radius 2 is 1.74 bits per heavy atom. The van der Waals surface area contributed by atoms with Crippen LogP contribution < -0.4 is 4.90 Å². The molecule has 2 heteroatoms. The molecule has 5 aromatic rings. The van der Waals surface area contributed by atoms with E-state index >= 15 is 0 Å². The molecule has 0 saturated heterocycles. The molecule has 0 aliphatic heterocycles. The van der Waals surface area contributed by atoms with Crippen LogP contribution in [-0.2, 0) is 0 Å². The van der Waals surface area contributed by atoms with E-state index in [4.69, 9.17) is 0 Å². The molecule has 1 heterocycles. The van der Waals surface area contributed by atoms with Crippen LogP contribution in [0, 0.1) is 0 Å². The standard InChI is InChI=1S/C40H36N2/c1-5-7-19-35(6-2)41(4)40-37(32-17-12-11-14-29(3)25-32)22-21-33-28-39-34(27-38(33)40)23-24-42(39)36-20-13-18-31(26-36)30-15-9-8-10-16-30/h5-13,15-24,26-28H,1,3,14,25H2,2,4H3/b19-7-,35-6+. The van der Waals surface area contributed by atoms with Gasteiger partial charge in [-0.2, -0.15) is 0 Å². The molecular formula is C40H36N2. The van der Waals surface area contributed by atoms with Crippen LogP contribution in [0.1, 0.15) is 25.3 Å². The first kappa shape index (κ1) is 27.1. The van der Waals surface area contributed by atoms with Gasteiger partial charge in [0.05, 0.1) is 11.2 Å². The molecule has 0 N–H and O–H groups in total. The first-order valence-electron chi connectivity index (χ1n) is 14.5. The van der Waals surface area contributed by atoms with Gasteiger partial charge < -0.3 is 9.47 Å². The van der Waals surface area contributed by atoms with Crippen LogP contribution >= 0.6 is 0 Å². The third-order valence-electron chi connectivity index (χ3n) is 8.08. The largest absolute Gasteiger partial charge is 0.344 e. The number of hydrogen-bond acceptors (Lipinski definition) is 1. The monoisotopic (exact) mass is 544 g/mol. The van der Waals surface area contributed by atoms with E-state index in [-0.39, 0.29) is 0 Å². The van der Waals surface area contributed by atoms with Crippen molar-refractivity contribution in [1.82, 2.24) is 4.57 Å². The number of likely N-dealkylation sites (N-methyl/N-ethyl adjacent to an activating group) is 1. The van der Waals surface area contributed by atoms with Gasteiger partial charge in [-0.05, 0) is 78.3 Å². The highest BCUT2D eigenvalue weighted by molar-refractivity contribution is 6.07. The lowest BCUT2D eigenvalue weighted by atomic mass is 9.92. The molecule has 4 aromatic carbocycles. The van der Waals surface area contributed by atoms with E-state index in [9.17, 15) is 0 Å². The number of hydrogen-bond donors (Lipinski definition) is 0. The molecule has 1 aromatic heterocycles. The Labute approximate surface area is 249 Å². The van der Waals surface area contributed by atoms with Crippen molar-refractivity contribution in [3.05, 3.63) is 164 Å². The fraction of sp³-hybridized carbons (Fsp3) is 0.100. The van der Waals surface area contributed by atoms with Gasteiger partial charge in [-0.25, -0.2) is 0 Å². The summed E-state index contributed by atoms with van der Waals surface area (Å²) in [6.45, 7) is 10.3. The van der Waals surface area contributed by atoms with E-state index in [1.165, 1.54) is 55.2 Å². The van der Waals surface area contributed by atoms with Gasteiger partial charge in [-0.3, -0.25) is 0 Å². The molecule has 0 atom stereocenters. The smallest absolute Gasteiger partial charge is 0.0564 e. The number of rotatable bonds is 7. The van der Waals surface area contributed by atoms with Crippen molar-refractivity contribution in [2.75, 3.05) is 11.9 Å². The van der Waals surface area contributed by atoms with E-state index in [2.05, 4.69) is 158 Å². The second-order valence-corrected chi connectivity index (χ2v) is 10.8. The average molecular weight is 545 g/mol. The van der Waals surface area contributed by atoms with E-state index < -0.39 is 0 Å². The Bertz CT molecular complexity index is 1930. The maximum atomic E-state index is 4.33. The zero-order valence-electron chi connectivity index (χ0n) is 24.4. The van der Waals surface area contributed by atoms with E-state index in [1.54, 1.807) is 0 Å². The lowest BCUT2D eigenvalue weighted by Crippen LogP contribution is -2.17. The molecule has 0 radical (unpaired) electrons. The first-order chi connectivity index (χ1) is 20.6. The van der Waals surface area contributed by atoms with E-state index in [1.807, 2.05) is 12.2 Å². The third kappa shape index (κ3) is 5.20. The minimum absolute atomic E-state index is 0.864. The Morgan fingerprint density at radius 1 is 0.905 bits per heavy atom. The van der Waals surface area contributed by atoms with Crippen LogP contribution in [0.4, 0.5) is 5.69 Å². The Balaban J connectivity index is 1.54. The SMILES string of the molecule is C=C/C=C\C(=C/C)N(C)c1c(C2=CC=CCC(=C)C2)ccc2cc3c(ccn3-c3cccc(-c4ccccc4)c3)cc12. The predicted octanol–water partition coefficient (Wildman–Crippen LogP) is 10.8. The molecule has 0 spiro atoms. The van der Waals surface area contributed by atoms with Crippen molar-refractivity contribution >= 4 is 32.9 Å². The summed E-state index contributed by atoms with van der Waals surface area (Å²) in [5, 5.41) is 3.64. The molecule has 1 aliphatic rings. The Morgan fingerprint density at radius 3 is 2.55 bits per heavy atom.